The highest BCUT2D eigenvalue weighted by Gasteiger charge is 2.43. The molecule has 1 N–H and O–H groups in total. The van der Waals surface area contributed by atoms with Crippen LogP contribution >= 0.6 is 0 Å². The highest BCUT2D eigenvalue weighted by atomic mass is 15.0. The average Bonchev–Trinajstić information content (AvgIpc) is 3.35. The molecule has 3 heteroatoms. The summed E-state index contributed by atoms with van der Waals surface area (Å²) in [4.78, 5) is 9.08. The molecule has 1 aromatic heterocycles. The van der Waals surface area contributed by atoms with Gasteiger partial charge >= 0.3 is 0 Å². The third-order valence-electron chi connectivity index (χ3n) is 4.30. The lowest BCUT2D eigenvalue weighted by Gasteiger charge is -2.17. The van der Waals surface area contributed by atoms with E-state index < -0.39 is 0 Å². The summed E-state index contributed by atoms with van der Waals surface area (Å²) in [5.74, 6) is 0.857. The third kappa shape index (κ3) is 2.35. The molecule has 1 aliphatic rings. The van der Waals surface area contributed by atoms with E-state index in [2.05, 4.69) is 45.6 Å². The zero-order chi connectivity index (χ0) is 14.1. The maximum Gasteiger partial charge on any atom is 0.145 e. The first-order valence-corrected chi connectivity index (χ1v) is 7.37. The Morgan fingerprint density at radius 3 is 2.38 bits per heavy atom. The van der Waals surface area contributed by atoms with Gasteiger partial charge in [-0.3, -0.25) is 4.98 Å². The number of anilines is 1. The van der Waals surface area contributed by atoms with E-state index in [1.165, 1.54) is 18.4 Å². The second-order valence-corrected chi connectivity index (χ2v) is 5.74. The number of aromatic nitrogens is 2. The van der Waals surface area contributed by atoms with Crippen molar-refractivity contribution < 1.29 is 0 Å². The molecule has 0 atom stereocenters. The summed E-state index contributed by atoms with van der Waals surface area (Å²) >= 11 is 0. The zero-order valence-corrected chi connectivity index (χ0v) is 11.8. The predicted molar refractivity (Wildman–Crippen MR) is 85.4 cm³/mol. The van der Waals surface area contributed by atoms with Gasteiger partial charge in [-0.25, -0.2) is 4.98 Å². The maximum atomic E-state index is 4.63. The van der Waals surface area contributed by atoms with Crippen LogP contribution in [-0.4, -0.2) is 16.5 Å². The molecular formula is C18H17N3. The first-order valence-electron chi connectivity index (χ1n) is 7.37. The zero-order valence-electron chi connectivity index (χ0n) is 11.8. The normalized spacial score (nSPS) is 15.8. The van der Waals surface area contributed by atoms with E-state index in [0.717, 1.165) is 23.4 Å². The van der Waals surface area contributed by atoms with Gasteiger partial charge in [-0.05, 0) is 30.5 Å². The van der Waals surface area contributed by atoms with Crippen LogP contribution in [0.5, 0.6) is 0 Å². The van der Waals surface area contributed by atoms with Crippen molar-refractivity contribution in [3.63, 3.8) is 0 Å². The van der Waals surface area contributed by atoms with Gasteiger partial charge < -0.3 is 5.32 Å². The van der Waals surface area contributed by atoms with Crippen LogP contribution in [0.15, 0.2) is 60.8 Å². The van der Waals surface area contributed by atoms with Gasteiger partial charge in [0.1, 0.15) is 5.82 Å². The molecule has 1 heterocycles. The standard InChI is InChI=1S/C18H17N3/c1-2-6-14(7-3-1)18(10-11-18)13-20-17-12-19-15-8-4-5-9-16(15)21-17/h1-9,12H,10-11,13H2,(H,20,21). The summed E-state index contributed by atoms with van der Waals surface area (Å²) in [7, 11) is 0. The van der Waals surface area contributed by atoms with Gasteiger partial charge in [0.2, 0.25) is 0 Å². The molecule has 3 nitrogen and oxygen atoms in total. The number of rotatable bonds is 4. The number of fused-ring (bicyclic) bond motifs is 1. The van der Waals surface area contributed by atoms with Crippen molar-refractivity contribution in [3.8, 4) is 0 Å². The Hall–Kier alpha value is -2.42. The van der Waals surface area contributed by atoms with Crippen molar-refractivity contribution in [1.29, 1.82) is 0 Å². The van der Waals surface area contributed by atoms with Crippen LogP contribution < -0.4 is 5.32 Å². The Labute approximate surface area is 124 Å². The van der Waals surface area contributed by atoms with Gasteiger partial charge in [-0.2, -0.15) is 0 Å². The van der Waals surface area contributed by atoms with E-state index in [4.69, 9.17) is 0 Å². The van der Waals surface area contributed by atoms with Crippen LogP contribution in [0.2, 0.25) is 0 Å². The number of nitrogens with zero attached hydrogens (tertiary/aromatic N) is 2. The monoisotopic (exact) mass is 275 g/mol. The van der Waals surface area contributed by atoms with E-state index >= 15 is 0 Å². The van der Waals surface area contributed by atoms with Crippen molar-refractivity contribution in [2.75, 3.05) is 11.9 Å². The Balaban J connectivity index is 1.53. The summed E-state index contributed by atoms with van der Waals surface area (Å²) in [5.41, 5.74) is 3.58. The maximum absolute atomic E-state index is 4.63. The van der Waals surface area contributed by atoms with Crippen molar-refractivity contribution >= 4 is 16.9 Å². The number of hydrogen-bond acceptors (Lipinski definition) is 3. The average molecular weight is 275 g/mol. The van der Waals surface area contributed by atoms with Crippen molar-refractivity contribution in [2.45, 2.75) is 18.3 Å². The van der Waals surface area contributed by atoms with E-state index in [0.29, 0.717) is 0 Å². The number of para-hydroxylation sites is 2. The second kappa shape index (κ2) is 4.85. The molecule has 0 saturated heterocycles. The number of benzene rings is 2. The molecule has 0 spiro atoms. The minimum Gasteiger partial charge on any atom is -0.368 e. The Morgan fingerprint density at radius 2 is 1.62 bits per heavy atom. The molecule has 1 fully saturated rings. The third-order valence-corrected chi connectivity index (χ3v) is 4.30. The molecule has 2 aromatic carbocycles. The molecule has 0 radical (unpaired) electrons. The Kier molecular flexibility index (Phi) is 2.85. The molecular weight excluding hydrogens is 258 g/mol. The molecule has 1 saturated carbocycles. The Morgan fingerprint density at radius 1 is 0.905 bits per heavy atom. The van der Waals surface area contributed by atoms with Gasteiger partial charge in [0, 0.05) is 12.0 Å². The molecule has 3 aromatic rings. The van der Waals surface area contributed by atoms with Crippen LogP contribution in [0.25, 0.3) is 11.0 Å². The fraction of sp³-hybridized carbons (Fsp3) is 0.222. The van der Waals surface area contributed by atoms with Gasteiger partial charge in [0.25, 0.3) is 0 Å². The summed E-state index contributed by atoms with van der Waals surface area (Å²) in [6.45, 7) is 0.921. The SMILES string of the molecule is c1ccc(C2(CNc3cnc4ccccc4n3)CC2)cc1. The van der Waals surface area contributed by atoms with Crippen LogP contribution in [0, 0.1) is 0 Å². The van der Waals surface area contributed by atoms with Gasteiger partial charge in [-0.15, -0.1) is 0 Å². The molecule has 0 amide bonds. The Bertz CT molecular complexity index is 764. The van der Waals surface area contributed by atoms with E-state index in [1.54, 1.807) is 0 Å². The summed E-state index contributed by atoms with van der Waals surface area (Å²) in [5, 5.41) is 3.46. The second-order valence-electron chi connectivity index (χ2n) is 5.74. The lowest BCUT2D eigenvalue weighted by atomic mass is 9.96. The fourth-order valence-electron chi connectivity index (χ4n) is 2.81. The van der Waals surface area contributed by atoms with Crippen molar-refractivity contribution in [1.82, 2.24) is 9.97 Å². The van der Waals surface area contributed by atoms with Gasteiger partial charge in [-0.1, -0.05) is 42.5 Å². The lowest BCUT2D eigenvalue weighted by molar-refractivity contribution is 0.730. The lowest BCUT2D eigenvalue weighted by Crippen LogP contribution is -2.20. The van der Waals surface area contributed by atoms with E-state index in [1.807, 2.05) is 30.5 Å². The molecule has 104 valence electrons. The van der Waals surface area contributed by atoms with Crippen LogP contribution in [0.4, 0.5) is 5.82 Å². The topological polar surface area (TPSA) is 37.8 Å². The van der Waals surface area contributed by atoms with Crippen molar-refractivity contribution in [2.24, 2.45) is 0 Å². The van der Waals surface area contributed by atoms with Crippen LogP contribution in [0.1, 0.15) is 18.4 Å². The molecule has 4 rings (SSSR count). The molecule has 0 bridgehead atoms. The summed E-state index contributed by atoms with van der Waals surface area (Å²) < 4.78 is 0. The minimum absolute atomic E-state index is 0.286. The fourth-order valence-corrected chi connectivity index (χ4v) is 2.81. The predicted octanol–water partition coefficient (Wildman–Crippen LogP) is 3.77. The molecule has 0 aliphatic heterocycles. The quantitative estimate of drug-likeness (QED) is 0.787. The number of nitrogens with one attached hydrogen (secondary N) is 1. The van der Waals surface area contributed by atoms with Crippen LogP contribution in [-0.2, 0) is 5.41 Å². The summed E-state index contributed by atoms with van der Waals surface area (Å²) in [6, 6.07) is 18.7. The van der Waals surface area contributed by atoms with Gasteiger partial charge in [0.15, 0.2) is 0 Å². The van der Waals surface area contributed by atoms with Crippen molar-refractivity contribution in [3.05, 3.63) is 66.4 Å². The first-order chi connectivity index (χ1) is 10.4. The highest BCUT2D eigenvalue weighted by molar-refractivity contribution is 5.75. The van der Waals surface area contributed by atoms with E-state index in [-0.39, 0.29) is 5.41 Å². The highest BCUT2D eigenvalue weighted by Crippen LogP contribution is 2.47. The summed E-state index contributed by atoms with van der Waals surface area (Å²) in [6.07, 6.45) is 4.31. The van der Waals surface area contributed by atoms with Gasteiger partial charge in [0.05, 0.1) is 17.2 Å². The van der Waals surface area contributed by atoms with Crippen LogP contribution in [0.3, 0.4) is 0 Å². The van der Waals surface area contributed by atoms with E-state index in [9.17, 15) is 0 Å². The smallest absolute Gasteiger partial charge is 0.145 e. The largest absolute Gasteiger partial charge is 0.368 e. The molecule has 1 aliphatic carbocycles. The minimum atomic E-state index is 0.286. The number of hydrogen-bond donors (Lipinski definition) is 1. The first kappa shape index (κ1) is 12.3. The molecule has 21 heavy (non-hydrogen) atoms. The molecule has 0 unspecified atom stereocenters.